The van der Waals surface area contributed by atoms with Crippen LogP contribution in [0.3, 0.4) is 0 Å². The molecule has 28 heavy (non-hydrogen) atoms. The Bertz CT molecular complexity index is 815. The topological polar surface area (TPSA) is 84.2 Å². The molecular weight excluding hydrogens is 397 g/mol. The average molecular weight is 424 g/mol. The summed E-state index contributed by atoms with van der Waals surface area (Å²) in [6.45, 7) is 6.46. The average Bonchev–Trinajstić information content (AvgIpc) is 2.56. The quantitative estimate of drug-likeness (QED) is 0.588. The van der Waals surface area contributed by atoms with Crippen LogP contribution in [0.2, 0.25) is 5.02 Å². The van der Waals surface area contributed by atoms with Crippen LogP contribution in [0.1, 0.15) is 43.1 Å². The second kappa shape index (κ2) is 10.3. The summed E-state index contributed by atoms with van der Waals surface area (Å²) in [5, 5.41) is 6.01. The van der Waals surface area contributed by atoms with Gasteiger partial charge in [-0.2, -0.15) is 0 Å². The SMILES string of the molecule is CC(C)(C)CC(=O)Nc1ccc(Cl)c(C(=O)NCCc2ccc(N)cc2)c1.Cl. The first kappa shape index (κ1) is 23.8. The summed E-state index contributed by atoms with van der Waals surface area (Å²) in [5.41, 5.74) is 8.23. The fourth-order valence-electron chi connectivity index (χ4n) is 2.56. The summed E-state index contributed by atoms with van der Waals surface area (Å²) in [5.74, 6) is -0.373. The lowest BCUT2D eigenvalue weighted by molar-refractivity contribution is -0.117. The van der Waals surface area contributed by atoms with E-state index in [1.807, 2.05) is 45.0 Å². The van der Waals surface area contributed by atoms with Gasteiger partial charge in [0.05, 0.1) is 10.6 Å². The highest BCUT2D eigenvalue weighted by molar-refractivity contribution is 6.34. The van der Waals surface area contributed by atoms with E-state index in [1.54, 1.807) is 18.2 Å². The molecule has 0 aliphatic rings. The number of anilines is 2. The van der Waals surface area contributed by atoms with Gasteiger partial charge < -0.3 is 16.4 Å². The number of amides is 2. The summed E-state index contributed by atoms with van der Waals surface area (Å²) in [6, 6.07) is 12.4. The summed E-state index contributed by atoms with van der Waals surface area (Å²) in [7, 11) is 0. The Morgan fingerprint density at radius 2 is 1.71 bits per heavy atom. The third kappa shape index (κ3) is 7.79. The van der Waals surface area contributed by atoms with Crippen LogP contribution in [0.15, 0.2) is 42.5 Å². The van der Waals surface area contributed by atoms with E-state index in [-0.39, 0.29) is 29.6 Å². The van der Waals surface area contributed by atoms with Crippen LogP contribution in [0.5, 0.6) is 0 Å². The molecule has 0 aliphatic heterocycles. The van der Waals surface area contributed by atoms with E-state index in [0.29, 0.717) is 41.3 Å². The summed E-state index contributed by atoms with van der Waals surface area (Å²) in [6.07, 6.45) is 1.07. The molecule has 0 saturated heterocycles. The number of carbonyl (C=O) groups excluding carboxylic acids is 2. The highest BCUT2D eigenvalue weighted by Crippen LogP contribution is 2.23. The van der Waals surface area contributed by atoms with Crippen molar-refractivity contribution >= 4 is 47.2 Å². The highest BCUT2D eigenvalue weighted by Gasteiger charge is 2.17. The second-order valence-electron chi connectivity index (χ2n) is 7.73. The summed E-state index contributed by atoms with van der Waals surface area (Å²) >= 11 is 6.16. The maximum atomic E-state index is 12.4. The van der Waals surface area contributed by atoms with Crippen molar-refractivity contribution in [2.75, 3.05) is 17.6 Å². The Morgan fingerprint density at radius 3 is 2.32 bits per heavy atom. The fraction of sp³-hybridized carbons (Fsp3) is 0.333. The van der Waals surface area contributed by atoms with Crippen molar-refractivity contribution in [1.82, 2.24) is 5.32 Å². The van der Waals surface area contributed by atoms with Crippen molar-refractivity contribution in [3.8, 4) is 0 Å². The number of nitrogens with two attached hydrogens (primary N) is 1. The lowest BCUT2D eigenvalue weighted by Crippen LogP contribution is -2.26. The van der Waals surface area contributed by atoms with Gasteiger partial charge in [0.2, 0.25) is 5.91 Å². The van der Waals surface area contributed by atoms with Crippen LogP contribution in [-0.2, 0) is 11.2 Å². The van der Waals surface area contributed by atoms with Gasteiger partial charge in [0.1, 0.15) is 0 Å². The summed E-state index contributed by atoms with van der Waals surface area (Å²) < 4.78 is 0. The van der Waals surface area contributed by atoms with Gasteiger partial charge in [-0.05, 0) is 47.7 Å². The molecule has 0 saturated carbocycles. The molecule has 0 fully saturated rings. The molecule has 0 aliphatic carbocycles. The normalized spacial score (nSPS) is 10.7. The third-order valence-corrected chi connectivity index (χ3v) is 4.19. The first-order chi connectivity index (χ1) is 12.6. The smallest absolute Gasteiger partial charge is 0.252 e. The Morgan fingerprint density at radius 1 is 1.07 bits per heavy atom. The first-order valence-electron chi connectivity index (χ1n) is 8.86. The van der Waals surface area contributed by atoms with Crippen LogP contribution >= 0.6 is 24.0 Å². The number of carbonyl (C=O) groups is 2. The van der Waals surface area contributed by atoms with Crippen LogP contribution in [0.25, 0.3) is 0 Å². The Labute approximate surface area is 177 Å². The zero-order chi connectivity index (χ0) is 20.0. The maximum Gasteiger partial charge on any atom is 0.252 e. The van der Waals surface area contributed by atoms with E-state index in [0.717, 1.165) is 5.56 Å². The number of rotatable bonds is 6. The third-order valence-electron chi connectivity index (χ3n) is 3.86. The van der Waals surface area contributed by atoms with Crippen molar-refractivity contribution < 1.29 is 9.59 Å². The number of hydrogen-bond donors (Lipinski definition) is 3. The van der Waals surface area contributed by atoms with Crippen LogP contribution < -0.4 is 16.4 Å². The van der Waals surface area contributed by atoms with E-state index < -0.39 is 0 Å². The standard InChI is InChI=1S/C21H26ClN3O2.ClH/c1-21(2,3)13-19(26)25-16-8-9-18(22)17(12-16)20(27)24-11-10-14-4-6-15(23)7-5-14;/h4-9,12H,10-11,13,23H2,1-3H3,(H,24,27)(H,25,26);1H. The molecule has 0 bridgehead atoms. The maximum absolute atomic E-state index is 12.4. The zero-order valence-electron chi connectivity index (χ0n) is 16.3. The van der Waals surface area contributed by atoms with Gasteiger partial charge in [-0.15, -0.1) is 12.4 Å². The molecule has 0 heterocycles. The minimum Gasteiger partial charge on any atom is -0.399 e. The van der Waals surface area contributed by atoms with Crippen LogP contribution in [0.4, 0.5) is 11.4 Å². The molecule has 0 unspecified atom stereocenters. The zero-order valence-corrected chi connectivity index (χ0v) is 17.9. The van der Waals surface area contributed by atoms with Crippen LogP contribution in [0, 0.1) is 5.41 Å². The molecule has 2 rings (SSSR count). The van der Waals surface area contributed by atoms with Gasteiger partial charge in [0.15, 0.2) is 0 Å². The number of benzene rings is 2. The second-order valence-corrected chi connectivity index (χ2v) is 8.13. The van der Waals surface area contributed by atoms with Crippen LogP contribution in [-0.4, -0.2) is 18.4 Å². The minimum atomic E-state index is -0.276. The predicted octanol–water partition coefficient (Wildman–Crippen LogP) is 4.69. The number of nitrogen functional groups attached to an aromatic ring is 1. The predicted molar refractivity (Wildman–Crippen MR) is 118 cm³/mol. The van der Waals surface area contributed by atoms with E-state index in [2.05, 4.69) is 10.6 Å². The lowest BCUT2D eigenvalue weighted by Gasteiger charge is -2.17. The molecule has 7 heteroatoms. The monoisotopic (exact) mass is 423 g/mol. The Hall–Kier alpha value is -2.24. The number of halogens is 2. The van der Waals surface area contributed by atoms with Gasteiger partial charge in [-0.3, -0.25) is 9.59 Å². The summed E-state index contributed by atoms with van der Waals surface area (Å²) in [4.78, 5) is 24.5. The molecule has 0 atom stereocenters. The Balaban J connectivity index is 0.00000392. The largest absolute Gasteiger partial charge is 0.399 e. The van der Waals surface area contributed by atoms with Crippen molar-refractivity contribution in [1.29, 1.82) is 0 Å². The van der Waals surface area contributed by atoms with E-state index in [4.69, 9.17) is 17.3 Å². The number of hydrogen-bond acceptors (Lipinski definition) is 3. The molecule has 0 radical (unpaired) electrons. The van der Waals surface area contributed by atoms with E-state index >= 15 is 0 Å². The molecule has 2 amide bonds. The molecular formula is C21H27Cl2N3O2. The van der Waals surface area contributed by atoms with Gasteiger partial charge in [-0.1, -0.05) is 44.5 Å². The fourth-order valence-corrected chi connectivity index (χ4v) is 2.77. The van der Waals surface area contributed by atoms with Crippen molar-refractivity contribution in [2.45, 2.75) is 33.6 Å². The van der Waals surface area contributed by atoms with Gasteiger partial charge >= 0.3 is 0 Å². The van der Waals surface area contributed by atoms with Gasteiger partial charge in [0, 0.05) is 24.3 Å². The van der Waals surface area contributed by atoms with Crippen molar-refractivity contribution in [2.24, 2.45) is 5.41 Å². The molecule has 2 aromatic rings. The van der Waals surface area contributed by atoms with Crippen molar-refractivity contribution in [3.05, 3.63) is 58.6 Å². The minimum absolute atomic E-state index is 0. The van der Waals surface area contributed by atoms with Gasteiger partial charge in [-0.25, -0.2) is 0 Å². The first-order valence-corrected chi connectivity index (χ1v) is 9.24. The lowest BCUT2D eigenvalue weighted by atomic mass is 9.92. The molecule has 4 N–H and O–H groups in total. The molecule has 0 aromatic heterocycles. The van der Waals surface area contributed by atoms with Gasteiger partial charge in [0.25, 0.3) is 5.91 Å². The van der Waals surface area contributed by atoms with E-state index in [9.17, 15) is 9.59 Å². The number of nitrogens with one attached hydrogen (secondary N) is 2. The molecule has 0 spiro atoms. The highest BCUT2D eigenvalue weighted by atomic mass is 35.5. The molecule has 2 aromatic carbocycles. The molecule has 5 nitrogen and oxygen atoms in total. The van der Waals surface area contributed by atoms with Crippen molar-refractivity contribution in [3.63, 3.8) is 0 Å². The Kier molecular flexibility index (Phi) is 8.79. The molecule has 152 valence electrons. The van der Waals surface area contributed by atoms with E-state index in [1.165, 1.54) is 0 Å².